The quantitative estimate of drug-likeness (QED) is 0.688. The Bertz CT molecular complexity index is 916. The maximum absolute atomic E-state index is 12.9. The van der Waals surface area contributed by atoms with E-state index in [4.69, 9.17) is 21.1 Å². The Morgan fingerprint density at radius 2 is 1.90 bits per heavy atom. The van der Waals surface area contributed by atoms with Crippen LogP contribution in [0.5, 0.6) is 11.5 Å². The van der Waals surface area contributed by atoms with Gasteiger partial charge in [-0.2, -0.15) is 0 Å². The monoisotopic (exact) mass is 416 g/mol. The average molecular weight is 417 g/mol. The second-order valence-corrected chi connectivity index (χ2v) is 7.39. The van der Waals surface area contributed by atoms with Gasteiger partial charge >= 0.3 is 0 Å². The van der Waals surface area contributed by atoms with Crippen molar-refractivity contribution in [3.8, 4) is 11.5 Å². The number of nitrogens with zero attached hydrogens (tertiary/aromatic N) is 2. The number of methoxy groups -OCH3 is 2. The molecule has 3 rings (SSSR count). The molecule has 1 saturated heterocycles. The van der Waals surface area contributed by atoms with Gasteiger partial charge in [-0.05, 0) is 48.7 Å². The van der Waals surface area contributed by atoms with E-state index in [2.05, 4.69) is 0 Å². The molecule has 7 heteroatoms. The van der Waals surface area contributed by atoms with E-state index in [-0.39, 0.29) is 11.8 Å². The van der Waals surface area contributed by atoms with E-state index >= 15 is 0 Å². The third-order valence-electron chi connectivity index (χ3n) is 5.09. The minimum absolute atomic E-state index is 0.0401. The molecule has 2 aromatic rings. The topological polar surface area (TPSA) is 59.1 Å². The normalized spacial score (nSPS) is 13.5. The summed E-state index contributed by atoms with van der Waals surface area (Å²) in [5.74, 6) is 1.26. The zero-order valence-electron chi connectivity index (χ0n) is 16.9. The van der Waals surface area contributed by atoms with Gasteiger partial charge in [0, 0.05) is 32.1 Å². The Balaban J connectivity index is 1.69. The lowest BCUT2D eigenvalue weighted by molar-refractivity contribution is -0.117. The van der Waals surface area contributed by atoms with Gasteiger partial charge in [0.1, 0.15) is 0 Å². The van der Waals surface area contributed by atoms with E-state index in [1.54, 1.807) is 49.3 Å². The largest absolute Gasteiger partial charge is 0.493 e. The summed E-state index contributed by atoms with van der Waals surface area (Å²) in [7, 11) is 4.96. The van der Waals surface area contributed by atoms with Crippen LogP contribution in [0.4, 0.5) is 5.69 Å². The van der Waals surface area contributed by atoms with Crippen LogP contribution in [0.25, 0.3) is 0 Å². The molecule has 1 heterocycles. The van der Waals surface area contributed by atoms with E-state index in [9.17, 15) is 9.59 Å². The van der Waals surface area contributed by atoms with Crippen LogP contribution < -0.4 is 14.4 Å². The number of ether oxygens (including phenoxy) is 2. The maximum Gasteiger partial charge on any atom is 0.253 e. The molecule has 0 bridgehead atoms. The molecule has 2 aromatic carbocycles. The summed E-state index contributed by atoms with van der Waals surface area (Å²) >= 11 is 6.28. The average Bonchev–Trinajstić information content (AvgIpc) is 3.17. The van der Waals surface area contributed by atoms with Crippen molar-refractivity contribution in [3.63, 3.8) is 0 Å². The molecule has 154 valence electrons. The lowest BCUT2D eigenvalue weighted by atomic mass is 10.1. The molecule has 2 amide bonds. The Kier molecular flexibility index (Phi) is 6.64. The minimum Gasteiger partial charge on any atom is -0.493 e. The molecule has 0 spiro atoms. The van der Waals surface area contributed by atoms with Crippen molar-refractivity contribution in [3.05, 3.63) is 52.5 Å². The van der Waals surface area contributed by atoms with Crippen molar-refractivity contribution in [1.29, 1.82) is 0 Å². The van der Waals surface area contributed by atoms with Gasteiger partial charge in [0.05, 0.1) is 24.9 Å². The molecule has 0 saturated carbocycles. The molecule has 0 N–H and O–H groups in total. The minimum atomic E-state index is -0.116. The van der Waals surface area contributed by atoms with E-state index < -0.39 is 0 Å². The van der Waals surface area contributed by atoms with Crippen molar-refractivity contribution >= 4 is 29.1 Å². The Morgan fingerprint density at radius 3 is 2.55 bits per heavy atom. The van der Waals surface area contributed by atoms with Crippen LogP contribution in [-0.2, 0) is 11.2 Å². The van der Waals surface area contributed by atoms with Crippen molar-refractivity contribution in [2.24, 2.45) is 0 Å². The van der Waals surface area contributed by atoms with Gasteiger partial charge in [0.25, 0.3) is 5.91 Å². The van der Waals surface area contributed by atoms with Gasteiger partial charge in [-0.1, -0.05) is 17.7 Å². The predicted molar refractivity (Wildman–Crippen MR) is 113 cm³/mol. The molecule has 29 heavy (non-hydrogen) atoms. The molecule has 1 aliphatic heterocycles. The van der Waals surface area contributed by atoms with E-state index in [1.807, 2.05) is 18.2 Å². The first-order valence-electron chi connectivity index (χ1n) is 9.51. The summed E-state index contributed by atoms with van der Waals surface area (Å²) in [4.78, 5) is 28.3. The number of anilines is 1. The smallest absolute Gasteiger partial charge is 0.253 e. The zero-order chi connectivity index (χ0) is 21.0. The van der Waals surface area contributed by atoms with Gasteiger partial charge < -0.3 is 19.3 Å². The highest BCUT2D eigenvalue weighted by atomic mass is 35.5. The number of carbonyl (C=O) groups excluding carboxylic acids is 2. The summed E-state index contributed by atoms with van der Waals surface area (Å²) in [6.45, 7) is 1.17. The number of rotatable bonds is 7. The summed E-state index contributed by atoms with van der Waals surface area (Å²) < 4.78 is 10.6. The molecule has 6 nitrogen and oxygen atoms in total. The van der Waals surface area contributed by atoms with E-state index in [0.29, 0.717) is 53.7 Å². The molecule has 0 radical (unpaired) electrons. The Hall–Kier alpha value is -2.73. The van der Waals surface area contributed by atoms with Crippen LogP contribution in [0.1, 0.15) is 28.8 Å². The highest BCUT2D eigenvalue weighted by Gasteiger charge is 2.25. The summed E-state index contributed by atoms with van der Waals surface area (Å²) in [6.07, 6.45) is 1.99. The lowest BCUT2D eigenvalue weighted by Gasteiger charge is -2.21. The fourth-order valence-electron chi connectivity index (χ4n) is 3.41. The summed E-state index contributed by atoms with van der Waals surface area (Å²) in [5.41, 5.74) is 2.16. The van der Waals surface area contributed by atoms with Crippen LogP contribution in [0.3, 0.4) is 0 Å². The highest BCUT2D eigenvalue weighted by molar-refractivity contribution is 6.34. The van der Waals surface area contributed by atoms with Crippen molar-refractivity contribution < 1.29 is 19.1 Å². The number of likely N-dealkylation sites (N-methyl/N-ethyl adjacent to an activating group) is 1. The van der Waals surface area contributed by atoms with Crippen molar-refractivity contribution in [2.45, 2.75) is 19.3 Å². The second-order valence-electron chi connectivity index (χ2n) is 6.98. The summed E-state index contributed by atoms with van der Waals surface area (Å²) in [6, 6.07) is 10.8. The first-order valence-corrected chi connectivity index (χ1v) is 9.88. The molecule has 0 aliphatic carbocycles. The van der Waals surface area contributed by atoms with Gasteiger partial charge in [-0.15, -0.1) is 0 Å². The molecule has 0 aromatic heterocycles. The van der Waals surface area contributed by atoms with E-state index in [0.717, 1.165) is 12.0 Å². The number of carbonyl (C=O) groups is 2. The van der Waals surface area contributed by atoms with Gasteiger partial charge in [-0.3, -0.25) is 9.59 Å². The Labute approximate surface area is 176 Å². The fraction of sp³-hybridized carbons (Fsp3) is 0.364. The number of amides is 2. The molecule has 0 atom stereocenters. The number of hydrogen-bond donors (Lipinski definition) is 0. The molecule has 1 fully saturated rings. The van der Waals surface area contributed by atoms with Gasteiger partial charge in [0.2, 0.25) is 5.91 Å². The third-order valence-corrected chi connectivity index (χ3v) is 5.41. The highest BCUT2D eigenvalue weighted by Crippen LogP contribution is 2.31. The third kappa shape index (κ3) is 4.65. The number of hydrogen-bond acceptors (Lipinski definition) is 4. The maximum atomic E-state index is 12.9. The predicted octanol–water partition coefficient (Wildman–Crippen LogP) is 3.80. The second kappa shape index (κ2) is 9.18. The van der Waals surface area contributed by atoms with Gasteiger partial charge in [-0.25, -0.2) is 0 Å². The van der Waals surface area contributed by atoms with Crippen LogP contribution in [0.2, 0.25) is 5.02 Å². The number of benzene rings is 2. The van der Waals surface area contributed by atoms with Crippen molar-refractivity contribution in [1.82, 2.24) is 4.90 Å². The van der Waals surface area contributed by atoms with Crippen LogP contribution in [0.15, 0.2) is 36.4 Å². The van der Waals surface area contributed by atoms with Gasteiger partial charge in [0.15, 0.2) is 11.5 Å². The lowest BCUT2D eigenvalue weighted by Crippen LogP contribution is -2.29. The summed E-state index contributed by atoms with van der Waals surface area (Å²) in [5, 5.41) is 0.477. The molecular weight excluding hydrogens is 392 g/mol. The van der Waals surface area contributed by atoms with E-state index in [1.165, 1.54) is 0 Å². The fourth-order valence-corrected chi connectivity index (χ4v) is 3.63. The molecule has 1 aliphatic rings. The zero-order valence-corrected chi connectivity index (χ0v) is 17.7. The van der Waals surface area contributed by atoms with Crippen molar-refractivity contribution in [2.75, 3.05) is 39.3 Å². The van der Waals surface area contributed by atoms with Crippen LogP contribution >= 0.6 is 11.6 Å². The SMILES string of the molecule is COc1ccc(CCN(C)C(=O)c2ccc(Cl)c(N3CCCC3=O)c2)cc1OC. The first-order chi connectivity index (χ1) is 13.9. The standard InChI is InChI=1S/C22H25ClN2O4/c1-24(12-10-15-6-9-19(28-2)20(13-15)29-3)22(27)16-7-8-17(23)18(14-16)25-11-4-5-21(25)26/h6-9,13-14H,4-5,10-12H2,1-3H3. The van der Waals surface area contributed by atoms with Crippen LogP contribution in [-0.4, -0.2) is 51.1 Å². The van der Waals surface area contributed by atoms with Crippen LogP contribution in [0, 0.1) is 0 Å². The molecular formula is C22H25ClN2O4. The number of halogens is 1. The first kappa shape index (κ1) is 21.0. The molecule has 0 unspecified atom stereocenters. The Morgan fingerprint density at radius 1 is 1.14 bits per heavy atom.